The molecule has 4 heteroatoms. The number of nitrogen functional groups attached to an aromatic ring is 1. The maximum Gasteiger partial charge on any atom is 0.178 e. The van der Waals surface area contributed by atoms with Crippen molar-refractivity contribution >= 4 is 27.8 Å². The average molecular weight is 250 g/mol. The summed E-state index contributed by atoms with van der Waals surface area (Å²) < 4.78 is 0. The molecule has 0 unspecified atom stereocenters. The van der Waals surface area contributed by atoms with Crippen LogP contribution in [-0.4, -0.2) is 11.8 Å². The summed E-state index contributed by atoms with van der Waals surface area (Å²) in [5.74, 6) is 0.516. The molecule has 0 bridgehead atoms. The minimum Gasteiger partial charge on any atom is -0.397 e. The van der Waals surface area contributed by atoms with Crippen molar-refractivity contribution in [3.05, 3.63) is 10.9 Å². The van der Waals surface area contributed by atoms with Gasteiger partial charge in [0.05, 0.1) is 15.6 Å². The lowest BCUT2D eigenvalue weighted by molar-refractivity contribution is 0.0972. The molecule has 2 saturated carbocycles. The first-order valence-electron chi connectivity index (χ1n) is 6.44. The van der Waals surface area contributed by atoms with E-state index in [2.05, 4.69) is 5.32 Å². The fourth-order valence-corrected chi connectivity index (χ4v) is 3.55. The lowest BCUT2D eigenvalue weighted by Crippen LogP contribution is -2.13. The first-order chi connectivity index (χ1) is 8.24. The molecule has 0 radical (unpaired) electrons. The van der Waals surface area contributed by atoms with E-state index in [4.69, 9.17) is 5.73 Å². The third-order valence-corrected chi connectivity index (χ3v) is 4.73. The first-order valence-corrected chi connectivity index (χ1v) is 7.26. The predicted molar refractivity (Wildman–Crippen MR) is 71.7 cm³/mol. The van der Waals surface area contributed by atoms with Gasteiger partial charge < -0.3 is 11.1 Å². The third-order valence-electron chi connectivity index (χ3n) is 3.63. The molecule has 0 aromatic carbocycles. The zero-order valence-electron chi connectivity index (χ0n) is 9.87. The molecular weight excluding hydrogens is 232 g/mol. The molecule has 1 aromatic heterocycles. The van der Waals surface area contributed by atoms with E-state index in [0.29, 0.717) is 11.7 Å². The van der Waals surface area contributed by atoms with Gasteiger partial charge in [-0.15, -0.1) is 11.3 Å². The molecule has 0 atom stereocenters. The zero-order valence-corrected chi connectivity index (χ0v) is 10.7. The molecule has 0 saturated heterocycles. The number of hydrogen-bond donors (Lipinski definition) is 2. The van der Waals surface area contributed by atoms with Crippen LogP contribution in [0.1, 0.15) is 48.2 Å². The summed E-state index contributed by atoms with van der Waals surface area (Å²) >= 11 is 1.54. The third kappa shape index (κ3) is 2.32. The van der Waals surface area contributed by atoms with Crippen molar-refractivity contribution in [3.8, 4) is 0 Å². The van der Waals surface area contributed by atoms with Gasteiger partial charge in [-0.1, -0.05) is 12.8 Å². The van der Waals surface area contributed by atoms with Crippen LogP contribution in [0.5, 0.6) is 0 Å². The maximum atomic E-state index is 12.0. The van der Waals surface area contributed by atoms with Crippen LogP contribution < -0.4 is 11.1 Å². The molecule has 0 aliphatic heterocycles. The van der Waals surface area contributed by atoms with Gasteiger partial charge in [-0.25, -0.2) is 0 Å². The lowest BCUT2D eigenvalue weighted by atomic mass is 10.2. The van der Waals surface area contributed by atoms with E-state index in [0.717, 1.165) is 22.7 Å². The Balaban J connectivity index is 1.72. The van der Waals surface area contributed by atoms with Crippen LogP contribution >= 0.6 is 11.3 Å². The average Bonchev–Trinajstić information content (AvgIpc) is 2.92. The fourth-order valence-electron chi connectivity index (χ4n) is 2.47. The van der Waals surface area contributed by atoms with Crippen LogP contribution in [0.15, 0.2) is 6.07 Å². The number of nitrogens with two attached hydrogens (primary N) is 1. The maximum absolute atomic E-state index is 12.0. The molecule has 2 aliphatic rings. The summed E-state index contributed by atoms with van der Waals surface area (Å²) in [6.45, 7) is 0. The van der Waals surface area contributed by atoms with Gasteiger partial charge in [0, 0.05) is 12.0 Å². The topological polar surface area (TPSA) is 55.1 Å². The highest BCUT2D eigenvalue weighted by molar-refractivity contribution is 7.18. The van der Waals surface area contributed by atoms with E-state index in [1.807, 2.05) is 6.07 Å². The summed E-state index contributed by atoms with van der Waals surface area (Å²) in [5, 5.41) is 4.57. The van der Waals surface area contributed by atoms with E-state index in [9.17, 15) is 4.79 Å². The molecule has 2 fully saturated rings. The van der Waals surface area contributed by atoms with Crippen LogP contribution in [0, 0.1) is 5.92 Å². The number of ketones is 1. The number of Topliss-reactive ketones (excluding diaryl/α,β-unsaturated/α-hetero) is 1. The minimum atomic E-state index is 0.256. The number of hydrogen-bond acceptors (Lipinski definition) is 4. The lowest BCUT2D eigenvalue weighted by Gasteiger charge is -2.10. The number of nitrogens with one attached hydrogen (secondary N) is 1. The largest absolute Gasteiger partial charge is 0.397 e. The molecule has 0 spiro atoms. The van der Waals surface area contributed by atoms with Crippen molar-refractivity contribution in [2.75, 3.05) is 11.1 Å². The summed E-state index contributed by atoms with van der Waals surface area (Å²) in [4.78, 5) is 12.8. The number of thiophene rings is 1. The Hall–Kier alpha value is -1.03. The van der Waals surface area contributed by atoms with Crippen molar-refractivity contribution in [1.29, 1.82) is 0 Å². The summed E-state index contributed by atoms with van der Waals surface area (Å²) in [5.41, 5.74) is 6.59. The Labute approximate surface area is 105 Å². The molecule has 2 aliphatic carbocycles. The normalized spacial score (nSPS) is 20.7. The Morgan fingerprint density at radius 1 is 1.29 bits per heavy atom. The molecule has 17 heavy (non-hydrogen) atoms. The SMILES string of the molecule is Nc1cc(NC2CCCC2)sc1C(=O)C1CC1. The van der Waals surface area contributed by atoms with Crippen LogP contribution in [-0.2, 0) is 0 Å². The number of carbonyl (C=O) groups excluding carboxylic acids is 1. The predicted octanol–water partition coefficient (Wildman–Crippen LogP) is 3.28. The van der Waals surface area contributed by atoms with Crippen LogP contribution in [0.3, 0.4) is 0 Å². The van der Waals surface area contributed by atoms with E-state index >= 15 is 0 Å². The Bertz CT molecular complexity index is 431. The second kappa shape index (κ2) is 4.33. The van der Waals surface area contributed by atoms with Crippen molar-refractivity contribution in [3.63, 3.8) is 0 Å². The van der Waals surface area contributed by atoms with Crippen LogP contribution in [0.4, 0.5) is 10.7 Å². The second-order valence-corrected chi connectivity index (χ2v) is 6.21. The fraction of sp³-hybridized carbons (Fsp3) is 0.615. The van der Waals surface area contributed by atoms with Crippen molar-refractivity contribution in [2.45, 2.75) is 44.6 Å². The van der Waals surface area contributed by atoms with Crippen LogP contribution in [0.25, 0.3) is 0 Å². The van der Waals surface area contributed by atoms with Gasteiger partial charge >= 0.3 is 0 Å². The molecule has 1 aromatic rings. The molecule has 3 nitrogen and oxygen atoms in total. The van der Waals surface area contributed by atoms with E-state index in [-0.39, 0.29) is 11.7 Å². The summed E-state index contributed by atoms with van der Waals surface area (Å²) in [7, 11) is 0. The van der Waals surface area contributed by atoms with Gasteiger partial charge in [0.25, 0.3) is 0 Å². The molecule has 92 valence electrons. The summed E-state index contributed by atoms with van der Waals surface area (Å²) in [6.07, 6.45) is 7.19. The Morgan fingerprint density at radius 3 is 2.65 bits per heavy atom. The number of rotatable bonds is 4. The molecule has 3 rings (SSSR count). The van der Waals surface area contributed by atoms with Gasteiger partial charge in [-0.05, 0) is 31.7 Å². The minimum absolute atomic E-state index is 0.256. The molecular formula is C13H18N2OS. The molecule has 0 amide bonds. The highest BCUT2D eigenvalue weighted by atomic mass is 32.1. The second-order valence-electron chi connectivity index (χ2n) is 5.16. The molecule has 3 N–H and O–H groups in total. The van der Waals surface area contributed by atoms with Crippen molar-refractivity contribution < 1.29 is 4.79 Å². The van der Waals surface area contributed by atoms with Gasteiger partial charge in [0.2, 0.25) is 0 Å². The first kappa shape index (κ1) is 11.1. The number of anilines is 2. The van der Waals surface area contributed by atoms with E-state index in [1.165, 1.54) is 37.0 Å². The zero-order chi connectivity index (χ0) is 11.8. The van der Waals surface area contributed by atoms with Gasteiger partial charge in [-0.3, -0.25) is 4.79 Å². The Kier molecular flexibility index (Phi) is 2.82. The number of carbonyl (C=O) groups is 1. The molecule has 1 heterocycles. The van der Waals surface area contributed by atoms with Gasteiger partial charge in [0.15, 0.2) is 5.78 Å². The van der Waals surface area contributed by atoms with E-state index < -0.39 is 0 Å². The van der Waals surface area contributed by atoms with Crippen LogP contribution in [0.2, 0.25) is 0 Å². The van der Waals surface area contributed by atoms with Gasteiger partial charge in [0.1, 0.15) is 0 Å². The summed E-state index contributed by atoms with van der Waals surface area (Å²) in [6, 6.07) is 2.51. The van der Waals surface area contributed by atoms with E-state index in [1.54, 1.807) is 0 Å². The smallest absolute Gasteiger partial charge is 0.178 e. The highest BCUT2D eigenvalue weighted by Crippen LogP contribution is 2.39. The Morgan fingerprint density at radius 2 is 2.00 bits per heavy atom. The monoisotopic (exact) mass is 250 g/mol. The highest BCUT2D eigenvalue weighted by Gasteiger charge is 2.32. The quantitative estimate of drug-likeness (QED) is 0.806. The van der Waals surface area contributed by atoms with Gasteiger partial charge in [-0.2, -0.15) is 0 Å². The van der Waals surface area contributed by atoms with Crippen molar-refractivity contribution in [2.24, 2.45) is 5.92 Å². The van der Waals surface area contributed by atoms with Crippen molar-refractivity contribution in [1.82, 2.24) is 0 Å². The standard InChI is InChI=1S/C13H18N2OS/c14-10-7-11(15-9-3-1-2-4-9)17-13(10)12(16)8-5-6-8/h7-9,15H,1-6,14H2.